The van der Waals surface area contributed by atoms with Crippen LogP contribution in [-0.2, 0) is 10.2 Å². The number of thiazole rings is 1. The zero-order chi connectivity index (χ0) is 16.5. The van der Waals surface area contributed by atoms with Crippen molar-refractivity contribution in [3.05, 3.63) is 15.6 Å². The highest BCUT2D eigenvalue weighted by molar-refractivity contribution is 8.14. The molecule has 0 saturated carbocycles. The molecule has 0 spiro atoms. The van der Waals surface area contributed by atoms with E-state index in [0.717, 1.165) is 16.8 Å². The fourth-order valence-corrected chi connectivity index (χ4v) is 3.68. The van der Waals surface area contributed by atoms with Gasteiger partial charge in [0.05, 0.1) is 16.5 Å². The molecular weight excluding hydrogens is 322 g/mol. The van der Waals surface area contributed by atoms with Crippen molar-refractivity contribution in [2.45, 2.75) is 33.1 Å². The number of carbonyl (C=O) groups is 3. The highest BCUT2D eigenvalue weighted by atomic mass is 32.2. The Balaban J connectivity index is 1.94. The number of thioether (sulfide) groups is 1. The number of rotatable bonds is 4. The summed E-state index contributed by atoms with van der Waals surface area (Å²) in [6.45, 7) is 8.42. The second kappa shape index (κ2) is 6.37. The molecule has 1 aromatic heterocycles. The van der Waals surface area contributed by atoms with Crippen molar-refractivity contribution in [3.8, 4) is 0 Å². The fourth-order valence-electron chi connectivity index (χ4n) is 1.89. The summed E-state index contributed by atoms with van der Waals surface area (Å²) in [6, 6.07) is 0. The second-order valence-electron chi connectivity index (χ2n) is 6.04. The molecule has 120 valence electrons. The van der Waals surface area contributed by atoms with E-state index in [1.54, 1.807) is 0 Å². The van der Waals surface area contributed by atoms with Gasteiger partial charge in [0, 0.05) is 18.5 Å². The molecule has 0 unspecified atom stereocenters. The summed E-state index contributed by atoms with van der Waals surface area (Å²) in [5.41, 5.74) is 0.607. The standard InChI is InChI=1S/C14H19N3O3S2/c1-8-10(22-12(16-8)14(2,3)4)11(19)15-5-6-17-9(18)7-21-13(17)20/h5-7H2,1-4H3,(H,15,19). The first kappa shape index (κ1) is 17.0. The molecule has 3 amide bonds. The smallest absolute Gasteiger partial charge is 0.288 e. The van der Waals surface area contributed by atoms with Gasteiger partial charge >= 0.3 is 0 Å². The summed E-state index contributed by atoms with van der Waals surface area (Å²) in [5, 5.41) is 3.42. The summed E-state index contributed by atoms with van der Waals surface area (Å²) in [5.74, 6) is -0.221. The molecule has 22 heavy (non-hydrogen) atoms. The van der Waals surface area contributed by atoms with E-state index in [4.69, 9.17) is 0 Å². The van der Waals surface area contributed by atoms with Gasteiger partial charge in [-0.05, 0) is 6.92 Å². The largest absolute Gasteiger partial charge is 0.349 e. The lowest BCUT2D eigenvalue weighted by Gasteiger charge is -2.13. The van der Waals surface area contributed by atoms with Crippen LogP contribution in [0.3, 0.4) is 0 Å². The minimum Gasteiger partial charge on any atom is -0.349 e. The highest BCUT2D eigenvalue weighted by Crippen LogP contribution is 2.29. The van der Waals surface area contributed by atoms with Crippen LogP contribution in [-0.4, -0.2) is 45.8 Å². The van der Waals surface area contributed by atoms with Crippen molar-refractivity contribution >= 4 is 40.2 Å². The maximum absolute atomic E-state index is 12.2. The lowest BCUT2D eigenvalue weighted by Crippen LogP contribution is -2.37. The Morgan fingerprint density at radius 3 is 2.55 bits per heavy atom. The number of nitrogens with zero attached hydrogens (tertiary/aromatic N) is 2. The van der Waals surface area contributed by atoms with Crippen LogP contribution in [0, 0.1) is 6.92 Å². The highest BCUT2D eigenvalue weighted by Gasteiger charge is 2.29. The summed E-state index contributed by atoms with van der Waals surface area (Å²) in [6.07, 6.45) is 0. The lowest BCUT2D eigenvalue weighted by atomic mass is 9.98. The predicted molar refractivity (Wildman–Crippen MR) is 87.5 cm³/mol. The second-order valence-corrected chi connectivity index (χ2v) is 7.97. The monoisotopic (exact) mass is 341 g/mol. The fraction of sp³-hybridized carbons (Fsp3) is 0.571. The first-order valence-corrected chi connectivity index (χ1v) is 8.73. The number of imide groups is 1. The summed E-state index contributed by atoms with van der Waals surface area (Å²) in [7, 11) is 0. The maximum atomic E-state index is 12.2. The van der Waals surface area contributed by atoms with E-state index in [1.807, 2.05) is 6.92 Å². The van der Waals surface area contributed by atoms with Gasteiger partial charge in [-0.1, -0.05) is 32.5 Å². The van der Waals surface area contributed by atoms with Crippen LogP contribution in [0.25, 0.3) is 0 Å². The normalized spacial score (nSPS) is 15.5. The molecule has 1 fully saturated rings. The van der Waals surface area contributed by atoms with Gasteiger partial charge < -0.3 is 5.32 Å². The van der Waals surface area contributed by atoms with E-state index in [1.165, 1.54) is 16.2 Å². The minimum atomic E-state index is -0.247. The number of hydrogen-bond acceptors (Lipinski definition) is 6. The molecule has 0 atom stereocenters. The van der Waals surface area contributed by atoms with Crippen LogP contribution in [0.5, 0.6) is 0 Å². The third-order valence-electron chi connectivity index (χ3n) is 3.11. The Kier molecular flexibility index (Phi) is 4.91. The summed E-state index contributed by atoms with van der Waals surface area (Å²) < 4.78 is 0. The number of hydrogen-bond donors (Lipinski definition) is 1. The van der Waals surface area contributed by atoms with E-state index in [2.05, 4.69) is 31.1 Å². The zero-order valence-electron chi connectivity index (χ0n) is 13.1. The zero-order valence-corrected chi connectivity index (χ0v) is 14.7. The molecule has 8 heteroatoms. The van der Waals surface area contributed by atoms with Gasteiger partial charge in [0.15, 0.2) is 0 Å². The summed E-state index contributed by atoms with van der Waals surface area (Å²) in [4.78, 5) is 41.3. The number of carbonyl (C=O) groups excluding carboxylic acids is 3. The van der Waals surface area contributed by atoms with Crippen molar-refractivity contribution in [1.82, 2.24) is 15.2 Å². The van der Waals surface area contributed by atoms with Crippen LogP contribution >= 0.6 is 23.1 Å². The third-order valence-corrected chi connectivity index (χ3v) is 5.55. The maximum Gasteiger partial charge on any atom is 0.288 e. The number of aryl methyl sites for hydroxylation is 1. The Bertz CT molecular complexity index is 603. The van der Waals surface area contributed by atoms with E-state index < -0.39 is 0 Å². The molecule has 0 aromatic carbocycles. The van der Waals surface area contributed by atoms with Crippen LogP contribution in [0.15, 0.2) is 0 Å². The molecule has 1 N–H and O–H groups in total. The molecule has 1 saturated heterocycles. The van der Waals surface area contributed by atoms with Gasteiger partial charge in [-0.25, -0.2) is 4.98 Å². The Hall–Kier alpha value is -1.41. The molecule has 2 rings (SSSR count). The Labute approximate surface area is 137 Å². The van der Waals surface area contributed by atoms with Crippen molar-refractivity contribution in [3.63, 3.8) is 0 Å². The van der Waals surface area contributed by atoms with Gasteiger partial charge in [0.1, 0.15) is 4.88 Å². The number of aromatic nitrogens is 1. The Morgan fingerprint density at radius 1 is 1.36 bits per heavy atom. The average molecular weight is 341 g/mol. The van der Waals surface area contributed by atoms with Gasteiger partial charge in [0.2, 0.25) is 5.91 Å². The molecule has 0 aliphatic carbocycles. The van der Waals surface area contributed by atoms with E-state index >= 15 is 0 Å². The van der Waals surface area contributed by atoms with Gasteiger partial charge in [0.25, 0.3) is 11.1 Å². The van der Waals surface area contributed by atoms with Crippen molar-refractivity contribution in [1.29, 1.82) is 0 Å². The van der Waals surface area contributed by atoms with Crippen molar-refractivity contribution in [2.24, 2.45) is 0 Å². The minimum absolute atomic E-state index is 0.0976. The first-order chi connectivity index (χ1) is 10.2. The molecule has 1 aromatic rings. The lowest BCUT2D eigenvalue weighted by molar-refractivity contribution is -0.124. The van der Waals surface area contributed by atoms with Crippen LogP contribution in [0.1, 0.15) is 41.1 Å². The van der Waals surface area contributed by atoms with Crippen molar-refractivity contribution in [2.75, 3.05) is 18.8 Å². The molecule has 2 heterocycles. The topological polar surface area (TPSA) is 79.4 Å². The third kappa shape index (κ3) is 3.67. The van der Waals surface area contributed by atoms with Crippen LogP contribution in [0.2, 0.25) is 0 Å². The average Bonchev–Trinajstić information content (AvgIpc) is 2.95. The van der Waals surface area contributed by atoms with E-state index in [0.29, 0.717) is 10.6 Å². The molecule has 0 radical (unpaired) electrons. The number of amides is 3. The SMILES string of the molecule is Cc1nc(C(C)(C)C)sc1C(=O)NCCN1C(=O)CSC1=O. The first-order valence-electron chi connectivity index (χ1n) is 6.93. The summed E-state index contributed by atoms with van der Waals surface area (Å²) >= 11 is 2.38. The van der Waals surface area contributed by atoms with E-state index in [-0.39, 0.29) is 41.3 Å². The van der Waals surface area contributed by atoms with Gasteiger partial charge in [-0.2, -0.15) is 0 Å². The van der Waals surface area contributed by atoms with Crippen LogP contribution < -0.4 is 5.32 Å². The molecule has 1 aliphatic rings. The molecule has 6 nitrogen and oxygen atoms in total. The van der Waals surface area contributed by atoms with E-state index in [9.17, 15) is 14.4 Å². The Morgan fingerprint density at radius 2 is 2.05 bits per heavy atom. The molecular formula is C14H19N3O3S2. The molecule has 0 bridgehead atoms. The quantitative estimate of drug-likeness (QED) is 0.908. The van der Waals surface area contributed by atoms with Crippen LogP contribution in [0.4, 0.5) is 4.79 Å². The van der Waals surface area contributed by atoms with Crippen molar-refractivity contribution < 1.29 is 14.4 Å². The molecule has 1 aliphatic heterocycles. The van der Waals surface area contributed by atoms with Gasteiger partial charge in [-0.15, -0.1) is 11.3 Å². The predicted octanol–water partition coefficient (Wildman–Crippen LogP) is 2.17. The van der Waals surface area contributed by atoms with Gasteiger partial charge in [-0.3, -0.25) is 19.3 Å². The number of nitrogens with one attached hydrogen (secondary N) is 1.